The van der Waals surface area contributed by atoms with Gasteiger partial charge in [-0.25, -0.2) is 0 Å². The van der Waals surface area contributed by atoms with Crippen LogP contribution in [0, 0.1) is 6.92 Å². The van der Waals surface area contributed by atoms with Crippen molar-refractivity contribution in [2.75, 3.05) is 18.5 Å². The molecule has 0 saturated carbocycles. The topological polar surface area (TPSA) is 78.4 Å². The molecule has 2 aromatic rings. The normalized spacial score (nSPS) is 11.7. The van der Waals surface area contributed by atoms with Crippen LogP contribution in [0.25, 0.3) is 0 Å². The lowest BCUT2D eigenvalue weighted by atomic mass is 9.93. The average molecular weight is 375 g/mol. The van der Waals surface area contributed by atoms with E-state index in [9.17, 15) is 14.7 Å². The molecule has 0 saturated heterocycles. The summed E-state index contributed by atoms with van der Waals surface area (Å²) >= 11 is 6.01. The van der Waals surface area contributed by atoms with Gasteiger partial charge in [0.15, 0.2) is 0 Å². The number of aliphatic hydroxyl groups is 1. The number of carbonyl (C=O) groups excluding carboxylic acids is 2. The van der Waals surface area contributed by atoms with Crippen molar-refractivity contribution < 1.29 is 14.7 Å². The van der Waals surface area contributed by atoms with E-state index in [4.69, 9.17) is 11.6 Å². The molecule has 0 aliphatic heterocycles. The van der Waals surface area contributed by atoms with Gasteiger partial charge in [0.05, 0.1) is 0 Å². The maximum absolute atomic E-state index is 12.0. The molecule has 5 nitrogen and oxygen atoms in total. The maximum Gasteiger partial charge on any atom is 0.313 e. The number of hydrogen-bond donors (Lipinski definition) is 3. The zero-order valence-electron chi connectivity index (χ0n) is 14.7. The van der Waals surface area contributed by atoms with Gasteiger partial charge in [0.1, 0.15) is 0 Å². The Kier molecular flexibility index (Phi) is 7.63. The van der Waals surface area contributed by atoms with Crippen LogP contribution in [0.3, 0.4) is 0 Å². The molecular formula is C20H23ClN2O3. The fourth-order valence-corrected chi connectivity index (χ4v) is 2.90. The van der Waals surface area contributed by atoms with Gasteiger partial charge >= 0.3 is 11.8 Å². The second-order valence-corrected chi connectivity index (χ2v) is 6.44. The molecule has 6 heteroatoms. The van der Waals surface area contributed by atoms with E-state index >= 15 is 0 Å². The standard InChI is InChI=1S/C20H23ClN2O3/c1-14-17(21)8-5-9-18(14)23-20(26)19(25)22-12-10-16(11-13-24)15-6-3-2-4-7-15/h2-9,16,24H,10-13H2,1H3,(H,22,25)(H,23,26). The predicted molar refractivity (Wildman–Crippen MR) is 103 cm³/mol. The number of benzene rings is 2. The van der Waals surface area contributed by atoms with Gasteiger partial charge in [0.2, 0.25) is 0 Å². The summed E-state index contributed by atoms with van der Waals surface area (Å²) in [6, 6.07) is 14.9. The van der Waals surface area contributed by atoms with Crippen molar-refractivity contribution in [3.8, 4) is 0 Å². The van der Waals surface area contributed by atoms with E-state index in [1.165, 1.54) is 0 Å². The number of nitrogens with one attached hydrogen (secondary N) is 2. The lowest BCUT2D eigenvalue weighted by Crippen LogP contribution is -2.36. The first-order valence-electron chi connectivity index (χ1n) is 8.53. The number of carbonyl (C=O) groups is 2. The molecule has 2 amide bonds. The van der Waals surface area contributed by atoms with Crippen LogP contribution < -0.4 is 10.6 Å². The molecule has 3 N–H and O–H groups in total. The molecule has 0 fully saturated rings. The Bertz CT molecular complexity index is 750. The van der Waals surface area contributed by atoms with Crippen LogP contribution in [0.5, 0.6) is 0 Å². The van der Waals surface area contributed by atoms with Crippen molar-refractivity contribution in [3.05, 3.63) is 64.7 Å². The van der Waals surface area contributed by atoms with E-state index in [-0.39, 0.29) is 12.5 Å². The maximum atomic E-state index is 12.0. The second-order valence-electron chi connectivity index (χ2n) is 6.03. The summed E-state index contributed by atoms with van der Waals surface area (Å²) in [5, 5.41) is 15.0. The molecule has 2 rings (SSSR count). The van der Waals surface area contributed by atoms with Crippen molar-refractivity contribution in [1.29, 1.82) is 0 Å². The van der Waals surface area contributed by atoms with Crippen LogP contribution in [0.4, 0.5) is 5.69 Å². The van der Waals surface area contributed by atoms with E-state index in [0.717, 1.165) is 5.56 Å². The molecule has 0 bridgehead atoms. The highest BCUT2D eigenvalue weighted by atomic mass is 35.5. The minimum atomic E-state index is -0.728. The molecule has 1 atom stereocenters. The Morgan fingerprint density at radius 1 is 1.04 bits per heavy atom. The van der Waals surface area contributed by atoms with Crippen molar-refractivity contribution in [3.63, 3.8) is 0 Å². The Balaban J connectivity index is 1.87. The summed E-state index contributed by atoms with van der Waals surface area (Å²) < 4.78 is 0. The van der Waals surface area contributed by atoms with Gasteiger partial charge in [-0.2, -0.15) is 0 Å². The zero-order chi connectivity index (χ0) is 18.9. The van der Waals surface area contributed by atoms with Crippen LogP contribution in [-0.4, -0.2) is 30.1 Å². The molecule has 2 aromatic carbocycles. The minimum Gasteiger partial charge on any atom is -0.396 e. The third-order valence-corrected chi connectivity index (χ3v) is 4.66. The summed E-state index contributed by atoms with van der Waals surface area (Å²) in [5.41, 5.74) is 2.33. The first-order valence-corrected chi connectivity index (χ1v) is 8.90. The average Bonchev–Trinajstić information content (AvgIpc) is 2.65. The first-order chi connectivity index (χ1) is 12.5. The number of halogens is 1. The monoisotopic (exact) mass is 374 g/mol. The number of anilines is 1. The van der Waals surface area contributed by atoms with E-state index in [2.05, 4.69) is 10.6 Å². The third kappa shape index (κ3) is 5.58. The van der Waals surface area contributed by atoms with Gasteiger partial charge < -0.3 is 15.7 Å². The number of hydrogen-bond acceptors (Lipinski definition) is 3. The van der Waals surface area contributed by atoms with E-state index < -0.39 is 11.8 Å². The molecule has 0 aliphatic carbocycles. The molecule has 138 valence electrons. The van der Waals surface area contributed by atoms with Crippen LogP contribution in [-0.2, 0) is 9.59 Å². The largest absolute Gasteiger partial charge is 0.396 e. The van der Waals surface area contributed by atoms with Gasteiger partial charge in [-0.1, -0.05) is 48.0 Å². The van der Waals surface area contributed by atoms with Gasteiger partial charge in [-0.05, 0) is 48.9 Å². The number of aliphatic hydroxyl groups excluding tert-OH is 1. The Morgan fingerprint density at radius 3 is 2.46 bits per heavy atom. The highest BCUT2D eigenvalue weighted by molar-refractivity contribution is 6.40. The van der Waals surface area contributed by atoms with Crippen LogP contribution >= 0.6 is 11.6 Å². The van der Waals surface area contributed by atoms with Crippen LogP contribution in [0.15, 0.2) is 48.5 Å². The fourth-order valence-electron chi connectivity index (χ4n) is 2.72. The Hall–Kier alpha value is -2.37. The molecule has 0 spiro atoms. The minimum absolute atomic E-state index is 0.0715. The zero-order valence-corrected chi connectivity index (χ0v) is 15.4. The second kappa shape index (κ2) is 9.94. The van der Waals surface area contributed by atoms with Gasteiger partial charge in [-0.3, -0.25) is 9.59 Å². The quantitative estimate of drug-likeness (QED) is 0.651. The lowest BCUT2D eigenvalue weighted by Gasteiger charge is -2.16. The third-order valence-electron chi connectivity index (χ3n) is 4.25. The number of amides is 2. The highest BCUT2D eigenvalue weighted by Gasteiger charge is 2.16. The summed E-state index contributed by atoms with van der Waals surface area (Å²) in [7, 11) is 0. The number of rotatable bonds is 7. The highest BCUT2D eigenvalue weighted by Crippen LogP contribution is 2.23. The van der Waals surface area contributed by atoms with Crippen LogP contribution in [0.1, 0.15) is 29.9 Å². The SMILES string of the molecule is Cc1c(Cl)cccc1NC(=O)C(=O)NCCC(CCO)c1ccccc1. The summed E-state index contributed by atoms with van der Waals surface area (Å²) in [5.74, 6) is -1.30. The van der Waals surface area contributed by atoms with E-state index in [0.29, 0.717) is 35.7 Å². The van der Waals surface area contributed by atoms with Gasteiger partial charge in [0, 0.05) is 23.9 Å². The lowest BCUT2D eigenvalue weighted by molar-refractivity contribution is -0.136. The van der Waals surface area contributed by atoms with Crippen molar-refractivity contribution in [2.24, 2.45) is 0 Å². The molecule has 0 radical (unpaired) electrons. The molecule has 26 heavy (non-hydrogen) atoms. The van der Waals surface area contributed by atoms with E-state index in [1.807, 2.05) is 30.3 Å². The summed E-state index contributed by atoms with van der Waals surface area (Å²) in [6.07, 6.45) is 1.24. The summed E-state index contributed by atoms with van der Waals surface area (Å²) in [4.78, 5) is 24.1. The van der Waals surface area contributed by atoms with Crippen molar-refractivity contribution >= 4 is 29.1 Å². The fraction of sp³-hybridized carbons (Fsp3) is 0.300. The van der Waals surface area contributed by atoms with Crippen LogP contribution in [0.2, 0.25) is 5.02 Å². The smallest absolute Gasteiger partial charge is 0.313 e. The molecular weight excluding hydrogens is 352 g/mol. The van der Waals surface area contributed by atoms with Crippen molar-refractivity contribution in [2.45, 2.75) is 25.7 Å². The van der Waals surface area contributed by atoms with Crippen molar-refractivity contribution in [1.82, 2.24) is 5.32 Å². The molecule has 0 aliphatic rings. The van der Waals surface area contributed by atoms with Gasteiger partial charge in [0.25, 0.3) is 0 Å². The first kappa shape index (κ1) is 19.9. The predicted octanol–water partition coefficient (Wildman–Crippen LogP) is 3.26. The molecule has 0 aromatic heterocycles. The van der Waals surface area contributed by atoms with Gasteiger partial charge in [-0.15, -0.1) is 0 Å². The molecule has 1 unspecified atom stereocenters. The summed E-state index contributed by atoms with van der Waals surface area (Å²) in [6.45, 7) is 2.19. The van der Waals surface area contributed by atoms with E-state index in [1.54, 1.807) is 25.1 Å². The Labute approximate surface area is 158 Å². The molecule has 0 heterocycles. The Morgan fingerprint density at radius 2 is 1.77 bits per heavy atom.